The Labute approximate surface area is 113 Å². The van der Waals surface area contributed by atoms with Crippen LogP contribution in [0.15, 0.2) is 36.7 Å². The van der Waals surface area contributed by atoms with Gasteiger partial charge >= 0.3 is 0 Å². The van der Waals surface area contributed by atoms with Crippen molar-refractivity contribution in [2.45, 2.75) is 33.4 Å². The van der Waals surface area contributed by atoms with Crippen molar-refractivity contribution >= 4 is 0 Å². The van der Waals surface area contributed by atoms with Crippen molar-refractivity contribution in [3.05, 3.63) is 53.6 Å². The van der Waals surface area contributed by atoms with Gasteiger partial charge in [0.15, 0.2) is 0 Å². The largest absolute Gasteiger partial charge is 0.310 e. The molecular formula is C16H19FN2. The number of halogens is 1. The van der Waals surface area contributed by atoms with Gasteiger partial charge in [0, 0.05) is 30.5 Å². The summed E-state index contributed by atoms with van der Waals surface area (Å²) in [5, 5.41) is 3.22. The van der Waals surface area contributed by atoms with Crippen LogP contribution in [0.25, 0.3) is 11.1 Å². The van der Waals surface area contributed by atoms with E-state index in [1.165, 1.54) is 0 Å². The summed E-state index contributed by atoms with van der Waals surface area (Å²) in [6.07, 6.45) is 3.52. The predicted molar refractivity (Wildman–Crippen MR) is 76.3 cm³/mol. The van der Waals surface area contributed by atoms with Gasteiger partial charge in [-0.3, -0.25) is 4.98 Å². The average molecular weight is 258 g/mol. The van der Waals surface area contributed by atoms with Gasteiger partial charge in [0.05, 0.1) is 0 Å². The highest BCUT2D eigenvalue weighted by atomic mass is 19.1. The molecule has 0 fully saturated rings. The fourth-order valence-corrected chi connectivity index (χ4v) is 1.97. The first-order chi connectivity index (χ1) is 9.08. The number of benzene rings is 1. The number of rotatable bonds is 4. The summed E-state index contributed by atoms with van der Waals surface area (Å²) in [7, 11) is 0. The van der Waals surface area contributed by atoms with E-state index in [-0.39, 0.29) is 5.82 Å². The van der Waals surface area contributed by atoms with Crippen LogP contribution in [-0.2, 0) is 6.54 Å². The van der Waals surface area contributed by atoms with Crippen molar-refractivity contribution in [2.75, 3.05) is 0 Å². The Balaban J connectivity index is 2.26. The standard InChI is InChI=1S/C16H19FN2/c1-11(2)19-10-14-5-4-13(8-16(14)17)15-6-7-18-9-12(15)3/h4-9,11,19H,10H2,1-3H3. The zero-order valence-electron chi connectivity index (χ0n) is 11.6. The van der Waals surface area contributed by atoms with Crippen molar-refractivity contribution in [3.8, 4) is 11.1 Å². The first kappa shape index (κ1) is 13.7. The van der Waals surface area contributed by atoms with Crippen LogP contribution < -0.4 is 5.32 Å². The number of aryl methyl sites for hydroxylation is 1. The molecule has 0 atom stereocenters. The molecule has 0 spiro atoms. The molecule has 1 aromatic carbocycles. The van der Waals surface area contributed by atoms with Gasteiger partial charge in [-0.25, -0.2) is 4.39 Å². The molecule has 0 aliphatic carbocycles. The minimum Gasteiger partial charge on any atom is -0.310 e. The predicted octanol–water partition coefficient (Wildman–Crippen LogP) is 3.69. The zero-order chi connectivity index (χ0) is 13.8. The van der Waals surface area contributed by atoms with Gasteiger partial charge in [0.1, 0.15) is 5.82 Å². The third kappa shape index (κ3) is 3.38. The lowest BCUT2D eigenvalue weighted by Crippen LogP contribution is -2.22. The Morgan fingerprint density at radius 3 is 2.68 bits per heavy atom. The van der Waals surface area contributed by atoms with Crippen LogP contribution in [0, 0.1) is 12.7 Å². The summed E-state index contributed by atoms with van der Waals surface area (Å²) >= 11 is 0. The quantitative estimate of drug-likeness (QED) is 0.904. The molecule has 2 nitrogen and oxygen atoms in total. The molecule has 2 rings (SSSR count). The number of nitrogens with zero attached hydrogens (tertiary/aromatic N) is 1. The van der Waals surface area contributed by atoms with Gasteiger partial charge in [0.25, 0.3) is 0 Å². The minimum absolute atomic E-state index is 0.165. The van der Waals surface area contributed by atoms with Crippen molar-refractivity contribution in [2.24, 2.45) is 0 Å². The lowest BCUT2D eigenvalue weighted by molar-refractivity contribution is 0.553. The van der Waals surface area contributed by atoms with Crippen LogP contribution in [0.2, 0.25) is 0 Å². The fraction of sp³-hybridized carbons (Fsp3) is 0.312. The van der Waals surface area contributed by atoms with Crippen molar-refractivity contribution < 1.29 is 4.39 Å². The van der Waals surface area contributed by atoms with E-state index in [0.717, 1.165) is 16.7 Å². The van der Waals surface area contributed by atoms with E-state index in [9.17, 15) is 4.39 Å². The normalized spacial score (nSPS) is 11.0. The molecule has 100 valence electrons. The topological polar surface area (TPSA) is 24.9 Å². The smallest absolute Gasteiger partial charge is 0.128 e. The number of pyridine rings is 1. The highest BCUT2D eigenvalue weighted by Gasteiger charge is 2.07. The third-order valence-electron chi connectivity index (χ3n) is 3.09. The van der Waals surface area contributed by atoms with Crippen LogP contribution in [0.1, 0.15) is 25.0 Å². The van der Waals surface area contributed by atoms with Crippen molar-refractivity contribution in [3.63, 3.8) is 0 Å². The van der Waals surface area contributed by atoms with Crippen LogP contribution in [0.3, 0.4) is 0 Å². The van der Waals surface area contributed by atoms with E-state index in [0.29, 0.717) is 18.2 Å². The number of aromatic nitrogens is 1. The molecule has 0 amide bonds. The number of hydrogen-bond donors (Lipinski definition) is 1. The SMILES string of the molecule is Cc1cnccc1-c1ccc(CNC(C)C)c(F)c1. The summed E-state index contributed by atoms with van der Waals surface area (Å²) in [5.74, 6) is -0.165. The zero-order valence-corrected chi connectivity index (χ0v) is 11.6. The number of hydrogen-bond acceptors (Lipinski definition) is 2. The molecule has 0 aliphatic heterocycles. The first-order valence-corrected chi connectivity index (χ1v) is 6.50. The van der Waals surface area contributed by atoms with Crippen LogP contribution >= 0.6 is 0 Å². The van der Waals surface area contributed by atoms with E-state index < -0.39 is 0 Å². The van der Waals surface area contributed by atoms with E-state index in [4.69, 9.17) is 0 Å². The molecule has 0 unspecified atom stereocenters. The molecule has 19 heavy (non-hydrogen) atoms. The highest BCUT2D eigenvalue weighted by molar-refractivity contribution is 5.66. The summed E-state index contributed by atoms with van der Waals surface area (Å²) in [5.41, 5.74) is 3.67. The van der Waals surface area contributed by atoms with Gasteiger partial charge in [-0.05, 0) is 35.7 Å². The molecule has 3 heteroatoms. The van der Waals surface area contributed by atoms with E-state index in [2.05, 4.69) is 10.3 Å². The van der Waals surface area contributed by atoms with Crippen LogP contribution in [0.4, 0.5) is 4.39 Å². The molecule has 1 heterocycles. The van der Waals surface area contributed by atoms with Gasteiger partial charge in [-0.15, -0.1) is 0 Å². The molecule has 0 saturated heterocycles. The Bertz CT molecular complexity index is 564. The summed E-state index contributed by atoms with van der Waals surface area (Å²) in [6, 6.07) is 7.67. The van der Waals surface area contributed by atoms with Gasteiger partial charge < -0.3 is 5.32 Å². The second kappa shape index (κ2) is 5.93. The molecule has 1 aromatic heterocycles. The molecule has 2 aromatic rings. The second-order valence-corrected chi connectivity index (χ2v) is 5.03. The maximum Gasteiger partial charge on any atom is 0.128 e. The van der Waals surface area contributed by atoms with E-state index >= 15 is 0 Å². The second-order valence-electron chi connectivity index (χ2n) is 5.03. The monoisotopic (exact) mass is 258 g/mol. The summed E-state index contributed by atoms with van der Waals surface area (Å²) in [6.45, 7) is 6.63. The highest BCUT2D eigenvalue weighted by Crippen LogP contribution is 2.24. The van der Waals surface area contributed by atoms with Gasteiger partial charge in [-0.1, -0.05) is 26.0 Å². The molecule has 0 bridgehead atoms. The lowest BCUT2D eigenvalue weighted by Gasteiger charge is -2.11. The maximum atomic E-state index is 14.1. The van der Waals surface area contributed by atoms with Crippen molar-refractivity contribution in [1.82, 2.24) is 10.3 Å². The Kier molecular flexibility index (Phi) is 4.27. The van der Waals surface area contributed by atoms with Crippen LogP contribution in [0.5, 0.6) is 0 Å². The summed E-state index contributed by atoms with van der Waals surface area (Å²) < 4.78 is 14.1. The van der Waals surface area contributed by atoms with E-state index in [1.54, 1.807) is 18.5 Å². The Morgan fingerprint density at radius 2 is 2.05 bits per heavy atom. The molecule has 1 N–H and O–H groups in total. The average Bonchev–Trinajstić information content (AvgIpc) is 2.37. The van der Waals surface area contributed by atoms with E-state index in [1.807, 2.05) is 39.0 Å². The molecular weight excluding hydrogens is 239 g/mol. The maximum absolute atomic E-state index is 14.1. The lowest BCUT2D eigenvalue weighted by atomic mass is 10.0. The fourth-order valence-electron chi connectivity index (χ4n) is 1.97. The molecule has 0 radical (unpaired) electrons. The third-order valence-corrected chi connectivity index (χ3v) is 3.09. The van der Waals surface area contributed by atoms with Gasteiger partial charge in [0.2, 0.25) is 0 Å². The molecule has 0 aliphatic rings. The molecule has 0 saturated carbocycles. The van der Waals surface area contributed by atoms with Crippen LogP contribution in [-0.4, -0.2) is 11.0 Å². The minimum atomic E-state index is -0.165. The van der Waals surface area contributed by atoms with Crippen molar-refractivity contribution in [1.29, 1.82) is 0 Å². The summed E-state index contributed by atoms with van der Waals surface area (Å²) in [4.78, 5) is 4.06. The Morgan fingerprint density at radius 1 is 1.26 bits per heavy atom. The Hall–Kier alpha value is -1.74. The van der Waals surface area contributed by atoms with Gasteiger partial charge in [-0.2, -0.15) is 0 Å². The number of nitrogens with one attached hydrogen (secondary N) is 1. The first-order valence-electron chi connectivity index (χ1n) is 6.50.